The van der Waals surface area contributed by atoms with E-state index in [2.05, 4.69) is 38.1 Å². The number of carbonyl (C=O) groups is 1. The van der Waals surface area contributed by atoms with Gasteiger partial charge >= 0.3 is 0 Å². The van der Waals surface area contributed by atoms with Gasteiger partial charge in [0.05, 0.1) is 11.1 Å². The van der Waals surface area contributed by atoms with Gasteiger partial charge in [-0.15, -0.1) is 0 Å². The molecular weight excluding hydrogens is 318 g/mol. The fourth-order valence-electron chi connectivity index (χ4n) is 2.00. The highest BCUT2D eigenvalue weighted by Crippen LogP contribution is 2.13. The van der Waals surface area contributed by atoms with Gasteiger partial charge in [0, 0.05) is 24.3 Å². The standard InChI is InChI=1S/C15H18BrN3O/c1-11(10-16)4-3-7-19-15(20)12-5-2-6-13-14(12)18-9-8-17-13/h2,5-6,8-9,11H,3-4,7,10H2,1H3,(H,19,20). The molecule has 0 saturated heterocycles. The largest absolute Gasteiger partial charge is 0.352 e. The van der Waals surface area contributed by atoms with Crippen molar-refractivity contribution in [2.75, 3.05) is 11.9 Å². The van der Waals surface area contributed by atoms with Crippen LogP contribution in [0.2, 0.25) is 0 Å². The number of hydrogen-bond acceptors (Lipinski definition) is 3. The fourth-order valence-corrected chi connectivity index (χ4v) is 2.32. The average molecular weight is 336 g/mol. The smallest absolute Gasteiger partial charge is 0.253 e. The third-order valence-electron chi connectivity index (χ3n) is 3.17. The summed E-state index contributed by atoms with van der Waals surface area (Å²) in [6.45, 7) is 2.88. The molecule has 0 radical (unpaired) electrons. The van der Waals surface area contributed by atoms with Crippen molar-refractivity contribution in [3.05, 3.63) is 36.2 Å². The number of aromatic nitrogens is 2. The van der Waals surface area contributed by atoms with Crippen molar-refractivity contribution in [1.82, 2.24) is 15.3 Å². The molecule has 1 N–H and O–H groups in total. The summed E-state index contributed by atoms with van der Waals surface area (Å²) in [5.41, 5.74) is 1.98. The van der Waals surface area contributed by atoms with Gasteiger partial charge in [0.15, 0.2) is 0 Å². The Bertz CT molecular complexity index is 583. The second-order valence-corrected chi connectivity index (χ2v) is 5.53. The number of nitrogens with zero attached hydrogens (tertiary/aromatic N) is 2. The van der Waals surface area contributed by atoms with Gasteiger partial charge < -0.3 is 5.32 Å². The first kappa shape index (κ1) is 14.9. The van der Waals surface area contributed by atoms with Gasteiger partial charge in [0.2, 0.25) is 0 Å². The summed E-state index contributed by atoms with van der Waals surface area (Å²) in [6.07, 6.45) is 5.32. The molecule has 0 aliphatic heterocycles. The van der Waals surface area contributed by atoms with Crippen molar-refractivity contribution < 1.29 is 4.79 Å². The second-order valence-electron chi connectivity index (χ2n) is 4.89. The van der Waals surface area contributed by atoms with E-state index in [0.29, 0.717) is 23.5 Å². The molecule has 20 heavy (non-hydrogen) atoms. The number of nitrogens with one attached hydrogen (secondary N) is 1. The van der Waals surface area contributed by atoms with Crippen LogP contribution < -0.4 is 5.32 Å². The molecule has 2 aromatic rings. The van der Waals surface area contributed by atoms with Crippen molar-refractivity contribution in [1.29, 1.82) is 0 Å². The summed E-state index contributed by atoms with van der Waals surface area (Å²) in [4.78, 5) is 20.6. The molecule has 0 spiro atoms. The summed E-state index contributed by atoms with van der Waals surface area (Å²) >= 11 is 3.46. The number of carbonyl (C=O) groups excluding carboxylic acids is 1. The van der Waals surface area contributed by atoms with Crippen molar-refractivity contribution in [2.45, 2.75) is 19.8 Å². The van der Waals surface area contributed by atoms with Crippen LogP contribution in [0.15, 0.2) is 30.6 Å². The maximum absolute atomic E-state index is 12.2. The number of benzene rings is 1. The van der Waals surface area contributed by atoms with E-state index >= 15 is 0 Å². The summed E-state index contributed by atoms with van der Waals surface area (Å²) in [5, 5.41) is 3.95. The van der Waals surface area contributed by atoms with E-state index in [1.807, 2.05) is 12.1 Å². The number of amides is 1. The Kier molecular flexibility index (Phi) is 5.47. The molecule has 1 atom stereocenters. The lowest BCUT2D eigenvalue weighted by Crippen LogP contribution is -2.25. The highest BCUT2D eigenvalue weighted by atomic mass is 79.9. The first-order chi connectivity index (χ1) is 9.72. The van der Waals surface area contributed by atoms with Crippen LogP contribution in [-0.4, -0.2) is 27.7 Å². The number of para-hydroxylation sites is 1. The fraction of sp³-hybridized carbons (Fsp3) is 0.400. The molecule has 0 saturated carbocycles. The number of hydrogen-bond donors (Lipinski definition) is 1. The molecule has 5 heteroatoms. The summed E-state index contributed by atoms with van der Waals surface area (Å²) < 4.78 is 0. The molecule has 0 aliphatic carbocycles. The topological polar surface area (TPSA) is 54.9 Å². The first-order valence-electron chi connectivity index (χ1n) is 6.76. The molecule has 0 bridgehead atoms. The van der Waals surface area contributed by atoms with Crippen LogP contribution in [0, 0.1) is 5.92 Å². The Morgan fingerprint density at radius 2 is 2.15 bits per heavy atom. The van der Waals surface area contributed by atoms with Gasteiger partial charge in [-0.2, -0.15) is 0 Å². The zero-order chi connectivity index (χ0) is 14.4. The minimum atomic E-state index is -0.0809. The van der Waals surface area contributed by atoms with E-state index in [4.69, 9.17) is 0 Å². The second kappa shape index (κ2) is 7.33. The van der Waals surface area contributed by atoms with Gasteiger partial charge in [-0.1, -0.05) is 28.9 Å². The molecule has 1 heterocycles. The highest BCUT2D eigenvalue weighted by molar-refractivity contribution is 9.09. The third kappa shape index (κ3) is 3.76. The van der Waals surface area contributed by atoms with Gasteiger partial charge in [-0.25, -0.2) is 0 Å². The average Bonchev–Trinajstić information content (AvgIpc) is 2.50. The quantitative estimate of drug-likeness (QED) is 0.651. The van der Waals surface area contributed by atoms with E-state index < -0.39 is 0 Å². The Balaban J connectivity index is 1.98. The predicted octanol–water partition coefficient (Wildman–Crippen LogP) is 3.17. The van der Waals surface area contributed by atoms with Gasteiger partial charge in [0.1, 0.15) is 5.52 Å². The SMILES string of the molecule is CC(CBr)CCCNC(=O)c1cccc2nccnc12. The lowest BCUT2D eigenvalue weighted by Gasteiger charge is -2.09. The number of alkyl halides is 1. The summed E-state index contributed by atoms with van der Waals surface area (Å²) in [5.74, 6) is 0.554. The van der Waals surface area contributed by atoms with Crippen LogP contribution in [-0.2, 0) is 0 Å². The molecule has 0 fully saturated rings. The van der Waals surface area contributed by atoms with Crippen molar-refractivity contribution in [2.24, 2.45) is 5.92 Å². The van der Waals surface area contributed by atoms with Crippen molar-refractivity contribution in [3.63, 3.8) is 0 Å². The zero-order valence-electron chi connectivity index (χ0n) is 11.5. The zero-order valence-corrected chi connectivity index (χ0v) is 13.1. The lowest BCUT2D eigenvalue weighted by atomic mass is 10.1. The molecule has 0 aliphatic rings. The van der Waals surface area contributed by atoms with Crippen LogP contribution in [0.1, 0.15) is 30.1 Å². The molecule has 2 rings (SSSR count). The molecule has 1 aromatic heterocycles. The molecule has 1 aromatic carbocycles. The number of halogens is 1. The van der Waals surface area contributed by atoms with E-state index in [1.165, 1.54) is 0 Å². The van der Waals surface area contributed by atoms with Crippen LogP contribution in [0.3, 0.4) is 0 Å². The van der Waals surface area contributed by atoms with Gasteiger partial charge in [-0.05, 0) is 30.9 Å². The molecule has 1 unspecified atom stereocenters. The maximum atomic E-state index is 12.2. The van der Waals surface area contributed by atoms with Crippen molar-refractivity contribution >= 4 is 32.9 Å². The van der Waals surface area contributed by atoms with Crippen LogP contribution in [0.25, 0.3) is 11.0 Å². The highest BCUT2D eigenvalue weighted by Gasteiger charge is 2.10. The van der Waals surface area contributed by atoms with Crippen LogP contribution in [0.4, 0.5) is 0 Å². The molecule has 106 valence electrons. The maximum Gasteiger partial charge on any atom is 0.253 e. The van der Waals surface area contributed by atoms with Gasteiger partial charge in [-0.3, -0.25) is 14.8 Å². The summed E-state index contributed by atoms with van der Waals surface area (Å²) in [7, 11) is 0. The Morgan fingerprint density at radius 3 is 2.95 bits per heavy atom. The van der Waals surface area contributed by atoms with Crippen LogP contribution in [0.5, 0.6) is 0 Å². The number of rotatable bonds is 6. The molecule has 1 amide bonds. The first-order valence-corrected chi connectivity index (χ1v) is 7.88. The van der Waals surface area contributed by atoms with Gasteiger partial charge in [0.25, 0.3) is 5.91 Å². The van der Waals surface area contributed by atoms with E-state index in [1.54, 1.807) is 18.5 Å². The summed E-state index contributed by atoms with van der Waals surface area (Å²) in [6, 6.07) is 5.48. The molecule has 4 nitrogen and oxygen atoms in total. The Labute approximate surface area is 127 Å². The Hall–Kier alpha value is -1.49. The minimum absolute atomic E-state index is 0.0809. The van der Waals surface area contributed by atoms with Crippen LogP contribution >= 0.6 is 15.9 Å². The van der Waals surface area contributed by atoms with E-state index in [9.17, 15) is 4.79 Å². The van der Waals surface area contributed by atoms with E-state index in [0.717, 1.165) is 23.7 Å². The molecular formula is C15H18BrN3O. The lowest BCUT2D eigenvalue weighted by molar-refractivity contribution is 0.0954. The number of fused-ring (bicyclic) bond motifs is 1. The van der Waals surface area contributed by atoms with Crippen molar-refractivity contribution in [3.8, 4) is 0 Å². The third-order valence-corrected chi connectivity index (χ3v) is 4.27. The minimum Gasteiger partial charge on any atom is -0.352 e. The predicted molar refractivity (Wildman–Crippen MR) is 84.1 cm³/mol. The van der Waals surface area contributed by atoms with E-state index in [-0.39, 0.29) is 5.91 Å². The Morgan fingerprint density at radius 1 is 1.35 bits per heavy atom. The monoisotopic (exact) mass is 335 g/mol. The normalized spacial score (nSPS) is 12.3.